The number of rotatable bonds is 10. The molecule has 0 aromatic heterocycles. The molecule has 3 amide bonds. The van der Waals surface area contributed by atoms with Gasteiger partial charge in [0.2, 0.25) is 11.8 Å². The summed E-state index contributed by atoms with van der Waals surface area (Å²) in [4.78, 5) is 44.6. The topological polar surface area (TPSA) is 69.7 Å². The predicted molar refractivity (Wildman–Crippen MR) is 168 cm³/mol. The molecule has 0 saturated carbocycles. The van der Waals surface area contributed by atoms with Crippen LogP contribution in [0.5, 0.6) is 0 Å². The largest absolute Gasteiger partial charge is 0.350 e. The normalized spacial score (nSPS) is 13.3. The third kappa shape index (κ3) is 6.54. The van der Waals surface area contributed by atoms with Crippen LogP contribution in [0.2, 0.25) is 0 Å². The summed E-state index contributed by atoms with van der Waals surface area (Å²) in [5.74, 6) is -0.314. The first kappa shape index (κ1) is 29.1. The van der Waals surface area contributed by atoms with Crippen molar-refractivity contribution in [2.45, 2.75) is 65.1 Å². The van der Waals surface area contributed by atoms with Gasteiger partial charge in [-0.2, -0.15) is 0 Å². The van der Waals surface area contributed by atoms with E-state index in [9.17, 15) is 14.4 Å². The molecule has 0 radical (unpaired) electrons. The van der Waals surface area contributed by atoms with Crippen LogP contribution < -0.4 is 10.2 Å². The highest BCUT2D eigenvalue weighted by Crippen LogP contribution is 2.37. The van der Waals surface area contributed by atoms with Crippen molar-refractivity contribution in [3.63, 3.8) is 0 Å². The molecule has 0 fully saturated rings. The van der Waals surface area contributed by atoms with E-state index < -0.39 is 11.6 Å². The zero-order chi connectivity index (χ0) is 29.9. The van der Waals surface area contributed by atoms with Gasteiger partial charge in [-0.25, -0.2) is 0 Å². The first-order chi connectivity index (χ1) is 20.1. The standard InChI is InChI=1S/C36H39N3O3/c1-25-12-8-15-27(22-25)24-39(31(34(41)37-36(2,3)4)23-26-13-6-5-7-14-26)32(40)20-11-21-38-30-19-10-17-28-16-9-18-29(33(28)30)35(38)42/h5-10,12-19,22,31H,11,20-21,23-24H2,1-4H3,(H,37,41). The Labute approximate surface area is 248 Å². The Balaban J connectivity index is 1.39. The summed E-state index contributed by atoms with van der Waals surface area (Å²) in [6.07, 6.45) is 1.11. The van der Waals surface area contributed by atoms with E-state index in [2.05, 4.69) is 11.4 Å². The minimum atomic E-state index is -0.689. The molecule has 42 heavy (non-hydrogen) atoms. The fourth-order valence-corrected chi connectivity index (χ4v) is 5.75. The van der Waals surface area contributed by atoms with E-state index in [0.717, 1.165) is 33.2 Å². The van der Waals surface area contributed by atoms with Crippen LogP contribution in [0.4, 0.5) is 5.69 Å². The number of carbonyl (C=O) groups excluding carboxylic acids is 3. The summed E-state index contributed by atoms with van der Waals surface area (Å²) >= 11 is 0. The van der Waals surface area contributed by atoms with Crippen molar-refractivity contribution in [1.29, 1.82) is 0 Å². The van der Waals surface area contributed by atoms with Crippen molar-refractivity contribution in [2.24, 2.45) is 0 Å². The zero-order valence-electron chi connectivity index (χ0n) is 24.9. The van der Waals surface area contributed by atoms with Gasteiger partial charge in [-0.3, -0.25) is 14.4 Å². The zero-order valence-corrected chi connectivity index (χ0v) is 24.9. The second-order valence-corrected chi connectivity index (χ2v) is 12.2. The minimum Gasteiger partial charge on any atom is -0.350 e. The molecule has 1 atom stereocenters. The molecule has 1 unspecified atom stereocenters. The Kier molecular flexibility index (Phi) is 8.44. The number of carbonyl (C=O) groups is 3. The number of nitrogens with zero attached hydrogens (tertiary/aromatic N) is 2. The van der Waals surface area contributed by atoms with Crippen LogP contribution in [0.3, 0.4) is 0 Å². The van der Waals surface area contributed by atoms with Crippen LogP contribution in [0.25, 0.3) is 10.8 Å². The molecular formula is C36H39N3O3. The van der Waals surface area contributed by atoms with Gasteiger partial charge in [0.15, 0.2) is 0 Å². The molecule has 6 heteroatoms. The molecule has 216 valence electrons. The van der Waals surface area contributed by atoms with Gasteiger partial charge >= 0.3 is 0 Å². The fourth-order valence-electron chi connectivity index (χ4n) is 5.75. The van der Waals surface area contributed by atoms with Gasteiger partial charge in [0.05, 0.1) is 5.69 Å². The summed E-state index contributed by atoms with van der Waals surface area (Å²) in [5, 5.41) is 5.12. The van der Waals surface area contributed by atoms with Gasteiger partial charge in [0.1, 0.15) is 6.04 Å². The lowest BCUT2D eigenvalue weighted by Crippen LogP contribution is -2.54. The van der Waals surface area contributed by atoms with Crippen LogP contribution in [0.1, 0.15) is 60.7 Å². The first-order valence-corrected chi connectivity index (χ1v) is 14.7. The van der Waals surface area contributed by atoms with Crippen LogP contribution in [0.15, 0.2) is 91.0 Å². The number of hydrogen-bond acceptors (Lipinski definition) is 3. The van der Waals surface area contributed by atoms with Crippen LogP contribution in [-0.4, -0.2) is 40.7 Å². The van der Waals surface area contributed by atoms with Crippen molar-refractivity contribution in [3.05, 3.63) is 113 Å². The first-order valence-electron chi connectivity index (χ1n) is 14.7. The lowest BCUT2D eigenvalue weighted by atomic mass is 10.00. The molecule has 1 aliphatic heterocycles. The van der Waals surface area contributed by atoms with Crippen molar-refractivity contribution in [3.8, 4) is 0 Å². The molecule has 1 heterocycles. The van der Waals surface area contributed by atoms with Crippen molar-refractivity contribution in [1.82, 2.24) is 10.2 Å². The molecule has 6 nitrogen and oxygen atoms in total. The van der Waals surface area contributed by atoms with Crippen LogP contribution in [-0.2, 0) is 22.6 Å². The van der Waals surface area contributed by atoms with Gasteiger partial charge in [-0.1, -0.05) is 84.4 Å². The van der Waals surface area contributed by atoms with Gasteiger partial charge in [0.25, 0.3) is 5.91 Å². The minimum absolute atomic E-state index is 0.0302. The smallest absolute Gasteiger partial charge is 0.258 e. The number of anilines is 1. The fraction of sp³-hybridized carbons (Fsp3) is 0.306. The lowest BCUT2D eigenvalue weighted by Gasteiger charge is -2.34. The summed E-state index contributed by atoms with van der Waals surface area (Å²) in [6.45, 7) is 8.61. The predicted octanol–water partition coefficient (Wildman–Crippen LogP) is 6.44. The van der Waals surface area contributed by atoms with E-state index in [1.54, 1.807) is 9.80 Å². The third-order valence-electron chi connectivity index (χ3n) is 7.63. The number of hydrogen-bond donors (Lipinski definition) is 1. The maximum absolute atomic E-state index is 14.0. The van der Waals surface area contributed by atoms with Crippen LogP contribution in [0, 0.1) is 6.92 Å². The third-order valence-corrected chi connectivity index (χ3v) is 7.63. The summed E-state index contributed by atoms with van der Waals surface area (Å²) in [5.41, 5.74) is 4.21. The molecule has 5 rings (SSSR count). The highest BCUT2D eigenvalue weighted by Gasteiger charge is 2.33. The number of benzene rings is 4. The number of nitrogens with one attached hydrogen (secondary N) is 1. The Hall–Kier alpha value is -4.45. The maximum Gasteiger partial charge on any atom is 0.258 e. The highest BCUT2D eigenvalue weighted by atomic mass is 16.2. The summed E-state index contributed by atoms with van der Waals surface area (Å²) in [6, 6.07) is 28.9. The SMILES string of the molecule is Cc1cccc(CN(C(=O)CCCN2C(=O)c3cccc4cccc2c34)C(Cc2ccccc2)C(=O)NC(C)(C)C)c1. The number of amides is 3. The van der Waals surface area contributed by atoms with Crippen molar-refractivity contribution in [2.75, 3.05) is 11.4 Å². The summed E-state index contributed by atoms with van der Waals surface area (Å²) in [7, 11) is 0. The Morgan fingerprint density at radius 1 is 0.881 bits per heavy atom. The van der Waals surface area contributed by atoms with Gasteiger partial charge in [-0.15, -0.1) is 0 Å². The van der Waals surface area contributed by atoms with E-state index in [4.69, 9.17) is 0 Å². The van der Waals surface area contributed by atoms with E-state index >= 15 is 0 Å². The Morgan fingerprint density at radius 2 is 1.57 bits per heavy atom. The molecule has 4 aromatic carbocycles. The molecule has 4 aromatic rings. The molecule has 0 saturated heterocycles. The van der Waals surface area contributed by atoms with E-state index in [0.29, 0.717) is 31.5 Å². The van der Waals surface area contributed by atoms with Crippen molar-refractivity contribution < 1.29 is 14.4 Å². The monoisotopic (exact) mass is 561 g/mol. The molecule has 0 bridgehead atoms. The molecular weight excluding hydrogens is 522 g/mol. The van der Waals surface area contributed by atoms with E-state index in [-0.39, 0.29) is 24.1 Å². The Morgan fingerprint density at radius 3 is 2.29 bits per heavy atom. The maximum atomic E-state index is 14.0. The van der Waals surface area contributed by atoms with E-state index in [1.807, 2.05) is 113 Å². The Bertz CT molecular complexity index is 1600. The van der Waals surface area contributed by atoms with Gasteiger partial charge in [-0.05, 0) is 62.8 Å². The van der Waals surface area contributed by atoms with Crippen LogP contribution >= 0.6 is 0 Å². The van der Waals surface area contributed by atoms with Gasteiger partial charge < -0.3 is 15.1 Å². The summed E-state index contributed by atoms with van der Waals surface area (Å²) < 4.78 is 0. The second-order valence-electron chi connectivity index (χ2n) is 12.2. The second kappa shape index (κ2) is 12.2. The molecule has 1 N–H and O–H groups in total. The molecule has 1 aliphatic rings. The average molecular weight is 562 g/mol. The lowest BCUT2D eigenvalue weighted by molar-refractivity contribution is -0.142. The quantitative estimate of drug-likeness (QED) is 0.242. The molecule has 0 aliphatic carbocycles. The molecule has 0 spiro atoms. The number of aryl methyl sites for hydroxylation is 1. The van der Waals surface area contributed by atoms with Gasteiger partial charge in [0, 0.05) is 42.4 Å². The average Bonchev–Trinajstić information content (AvgIpc) is 3.22. The highest BCUT2D eigenvalue weighted by molar-refractivity contribution is 6.25. The van der Waals surface area contributed by atoms with E-state index in [1.165, 1.54) is 0 Å². The van der Waals surface area contributed by atoms with Crippen molar-refractivity contribution >= 4 is 34.2 Å².